The van der Waals surface area contributed by atoms with Gasteiger partial charge in [0.05, 0.1) is 0 Å². The molecule has 1 aromatic rings. The molecule has 0 spiro atoms. The van der Waals surface area contributed by atoms with Crippen LogP contribution in [0.4, 0.5) is 4.79 Å². The summed E-state index contributed by atoms with van der Waals surface area (Å²) in [7, 11) is 0. The first kappa shape index (κ1) is 21.2. The van der Waals surface area contributed by atoms with E-state index in [1.165, 1.54) is 0 Å². The van der Waals surface area contributed by atoms with Gasteiger partial charge in [0, 0.05) is 25.6 Å². The molecule has 3 fully saturated rings. The normalized spacial score (nSPS) is 28.0. The van der Waals surface area contributed by atoms with Crippen LogP contribution in [0.2, 0.25) is 0 Å². The van der Waals surface area contributed by atoms with Gasteiger partial charge in [0.15, 0.2) is 5.60 Å². The van der Waals surface area contributed by atoms with Gasteiger partial charge in [-0.2, -0.15) is 0 Å². The number of aliphatic hydroxyl groups is 1. The van der Waals surface area contributed by atoms with Crippen LogP contribution < -0.4 is 5.32 Å². The Kier molecular flexibility index (Phi) is 5.56. The molecule has 1 aliphatic heterocycles. The van der Waals surface area contributed by atoms with Crippen molar-refractivity contribution in [3.63, 3.8) is 0 Å². The predicted molar refractivity (Wildman–Crippen MR) is 114 cm³/mol. The van der Waals surface area contributed by atoms with Gasteiger partial charge in [-0.15, -0.1) is 0 Å². The third-order valence-corrected chi connectivity index (χ3v) is 7.03. The van der Waals surface area contributed by atoms with Crippen molar-refractivity contribution in [1.29, 1.82) is 0 Å². The second-order valence-electron chi connectivity index (χ2n) is 10.2. The van der Waals surface area contributed by atoms with Crippen molar-refractivity contribution in [2.45, 2.75) is 57.7 Å². The second-order valence-corrected chi connectivity index (χ2v) is 10.2. The van der Waals surface area contributed by atoms with Gasteiger partial charge in [-0.25, -0.2) is 4.79 Å². The molecule has 6 heteroatoms. The molecule has 164 valence electrons. The van der Waals surface area contributed by atoms with Crippen LogP contribution in [-0.4, -0.2) is 47.2 Å². The number of carbonyl (C=O) groups is 2. The molecule has 4 atom stereocenters. The lowest BCUT2D eigenvalue weighted by Crippen LogP contribution is -2.49. The molecule has 3 aliphatic rings. The van der Waals surface area contributed by atoms with E-state index in [4.69, 9.17) is 4.74 Å². The van der Waals surface area contributed by atoms with Gasteiger partial charge < -0.3 is 20.1 Å². The Labute approximate surface area is 179 Å². The minimum Gasteiger partial charge on any atom is -0.444 e. The number of amides is 2. The van der Waals surface area contributed by atoms with Crippen molar-refractivity contribution in [2.75, 3.05) is 19.6 Å². The highest BCUT2D eigenvalue weighted by Crippen LogP contribution is 2.51. The zero-order valence-corrected chi connectivity index (χ0v) is 18.3. The van der Waals surface area contributed by atoms with Gasteiger partial charge >= 0.3 is 6.09 Å². The van der Waals surface area contributed by atoms with Crippen LogP contribution in [0.1, 0.15) is 52.0 Å². The number of fused-ring (bicyclic) bond motifs is 1. The number of hydrogen-bond donors (Lipinski definition) is 2. The molecule has 1 saturated heterocycles. The largest absolute Gasteiger partial charge is 0.444 e. The summed E-state index contributed by atoms with van der Waals surface area (Å²) in [5.41, 5.74) is -1.27. The van der Waals surface area contributed by atoms with Crippen molar-refractivity contribution in [2.24, 2.45) is 23.7 Å². The number of rotatable bonds is 5. The SMILES string of the molecule is CC(C)(C)OC(=O)N1C[C@@H]2C(CNC(=O)C(O)(c3ccccc3)C3CCCC3)[C@@H]2C1. The molecular weight excluding hydrogens is 380 g/mol. The second kappa shape index (κ2) is 7.88. The molecule has 0 aromatic heterocycles. The van der Waals surface area contributed by atoms with E-state index < -0.39 is 11.2 Å². The third kappa shape index (κ3) is 4.07. The monoisotopic (exact) mass is 414 g/mol. The summed E-state index contributed by atoms with van der Waals surface area (Å²) in [4.78, 5) is 27.2. The Balaban J connectivity index is 1.33. The van der Waals surface area contributed by atoms with Crippen LogP contribution in [0.3, 0.4) is 0 Å². The van der Waals surface area contributed by atoms with Gasteiger partial charge in [0.25, 0.3) is 5.91 Å². The summed E-state index contributed by atoms with van der Waals surface area (Å²) in [5, 5.41) is 14.6. The Morgan fingerprint density at radius 2 is 1.70 bits per heavy atom. The van der Waals surface area contributed by atoms with E-state index in [1.54, 1.807) is 4.90 Å². The molecule has 4 rings (SSSR count). The maximum atomic E-state index is 13.2. The highest BCUT2D eigenvalue weighted by atomic mass is 16.6. The quantitative estimate of drug-likeness (QED) is 0.775. The lowest BCUT2D eigenvalue weighted by atomic mass is 9.79. The van der Waals surface area contributed by atoms with Crippen LogP contribution in [-0.2, 0) is 15.1 Å². The molecule has 2 aliphatic carbocycles. The summed E-state index contributed by atoms with van der Waals surface area (Å²) in [5.74, 6) is 0.871. The first-order valence-corrected chi connectivity index (χ1v) is 11.2. The molecule has 0 radical (unpaired) electrons. The van der Waals surface area contributed by atoms with Crippen molar-refractivity contribution >= 4 is 12.0 Å². The zero-order chi connectivity index (χ0) is 21.5. The molecule has 2 N–H and O–H groups in total. The fraction of sp³-hybridized carbons (Fsp3) is 0.667. The molecule has 30 heavy (non-hydrogen) atoms. The first-order valence-electron chi connectivity index (χ1n) is 11.2. The smallest absolute Gasteiger partial charge is 0.410 e. The molecule has 2 unspecified atom stereocenters. The van der Waals surface area contributed by atoms with E-state index >= 15 is 0 Å². The fourth-order valence-electron chi connectivity index (χ4n) is 5.36. The predicted octanol–water partition coefficient (Wildman–Crippen LogP) is 3.29. The van der Waals surface area contributed by atoms with Crippen LogP contribution in [0.15, 0.2) is 30.3 Å². The fourth-order valence-corrected chi connectivity index (χ4v) is 5.36. The van der Waals surface area contributed by atoms with E-state index in [9.17, 15) is 14.7 Å². The van der Waals surface area contributed by atoms with Crippen LogP contribution >= 0.6 is 0 Å². The van der Waals surface area contributed by atoms with E-state index in [-0.39, 0.29) is 17.9 Å². The van der Waals surface area contributed by atoms with Crippen LogP contribution in [0.5, 0.6) is 0 Å². The molecule has 0 bridgehead atoms. The van der Waals surface area contributed by atoms with E-state index in [0.717, 1.165) is 25.7 Å². The number of carbonyl (C=O) groups excluding carboxylic acids is 2. The Morgan fingerprint density at radius 3 is 2.27 bits per heavy atom. The number of nitrogens with zero attached hydrogens (tertiary/aromatic N) is 1. The standard InChI is InChI=1S/C24H34N2O4/c1-23(2,3)30-22(28)26-14-19-18(20(19)15-26)13-25-21(27)24(29,17-11-7-8-12-17)16-9-5-4-6-10-16/h4-6,9-10,17-20,29H,7-8,11-15H2,1-3H3,(H,25,27)/t18?,19-,20+,24?. The lowest BCUT2D eigenvalue weighted by molar-refractivity contribution is -0.147. The number of piperidine rings is 1. The topological polar surface area (TPSA) is 78.9 Å². The van der Waals surface area contributed by atoms with Crippen molar-refractivity contribution in [3.05, 3.63) is 35.9 Å². The van der Waals surface area contributed by atoms with Crippen molar-refractivity contribution < 1.29 is 19.4 Å². The Morgan fingerprint density at radius 1 is 1.10 bits per heavy atom. The number of benzene rings is 1. The summed E-state index contributed by atoms with van der Waals surface area (Å²) in [6, 6.07) is 9.35. The molecule has 1 heterocycles. The highest BCUT2D eigenvalue weighted by molar-refractivity contribution is 5.86. The summed E-state index contributed by atoms with van der Waals surface area (Å²) in [6.45, 7) is 7.55. The maximum Gasteiger partial charge on any atom is 0.410 e. The Bertz CT molecular complexity index is 772. The summed E-state index contributed by atoms with van der Waals surface area (Å²) >= 11 is 0. The Hall–Kier alpha value is -2.08. The molecule has 6 nitrogen and oxygen atoms in total. The summed E-state index contributed by atoms with van der Waals surface area (Å²) in [6.07, 6.45) is 3.61. The number of nitrogens with one attached hydrogen (secondary N) is 1. The minimum atomic E-state index is -1.47. The maximum absolute atomic E-state index is 13.2. The molecular formula is C24H34N2O4. The highest BCUT2D eigenvalue weighted by Gasteiger charge is 2.57. The first-order chi connectivity index (χ1) is 14.2. The number of likely N-dealkylation sites (tertiary alicyclic amines) is 1. The van der Waals surface area contributed by atoms with Crippen molar-refractivity contribution in [1.82, 2.24) is 10.2 Å². The van der Waals surface area contributed by atoms with Crippen LogP contribution in [0.25, 0.3) is 0 Å². The molecule has 2 saturated carbocycles. The third-order valence-electron chi connectivity index (χ3n) is 7.03. The number of hydrogen-bond acceptors (Lipinski definition) is 4. The van der Waals surface area contributed by atoms with Crippen LogP contribution in [0, 0.1) is 23.7 Å². The zero-order valence-electron chi connectivity index (χ0n) is 18.3. The molecule has 1 aromatic carbocycles. The average molecular weight is 415 g/mol. The van der Waals surface area contributed by atoms with Gasteiger partial charge in [-0.1, -0.05) is 43.2 Å². The van der Waals surface area contributed by atoms with E-state index in [0.29, 0.717) is 43.0 Å². The average Bonchev–Trinajstić information content (AvgIpc) is 3.13. The lowest BCUT2D eigenvalue weighted by Gasteiger charge is -2.33. The van der Waals surface area contributed by atoms with E-state index in [1.807, 2.05) is 51.1 Å². The van der Waals surface area contributed by atoms with Gasteiger partial charge in [-0.3, -0.25) is 4.79 Å². The van der Waals surface area contributed by atoms with Crippen molar-refractivity contribution in [3.8, 4) is 0 Å². The molecule has 2 amide bonds. The van der Waals surface area contributed by atoms with Gasteiger partial charge in [0.1, 0.15) is 5.60 Å². The number of ether oxygens (including phenoxy) is 1. The van der Waals surface area contributed by atoms with Gasteiger partial charge in [-0.05, 0) is 56.9 Å². The minimum absolute atomic E-state index is 0.0405. The summed E-state index contributed by atoms with van der Waals surface area (Å²) < 4.78 is 5.46. The van der Waals surface area contributed by atoms with E-state index in [2.05, 4.69) is 5.32 Å². The van der Waals surface area contributed by atoms with Gasteiger partial charge in [0.2, 0.25) is 0 Å².